The summed E-state index contributed by atoms with van der Waals surface area (Å²) >= 11 is 0. The zero-order valence-corrected chi connectivity index (χ0v) is 8.73. The van der Waals surface area contributed by atoms with Gasteiger partial charge >= 0.3 is 0 Å². The van der Waals surface area contributed by atoms with E-state index in [1.807, 2.05) is 6.92 Å². The highest BCUT2D eigenvalue weighted by Gasteiger charge is 2.15. The van der Waals surface area contributed by atoms with E-state index >= 15 is 0 Å². The first-order valence-electron chi connectivity index (χ1n) is 4.61. The molecule has 5 heteroatoms. The Kier molecular flexibility index (Phi) is 3.76. The summed E-state index contributed by atoms with van der Waals surface area (Å²) in [6.07, 6.45) is 1.36. The second-order valence-electron chi connectivity index (χ2n) is 3.01. The molecule has 0 aliphatic carbocycles. The molecule has 14 heavy (non-hydrogen) atoms. The van der Waals surface area contributed by atoms with E-state index in [1.165, 1.54) is 13.4 Å². The Bertz CT molecular complexity index is 309. The van der Waals surface area contributed by atoms with Gasteiger partial charge in [0, 0.05) is 13.7 Å². The smallest absolute Gasteiger partial charge is 0.168 e. The average molecular weight is 197 g/mol. The van der Waals surface area contributed by atoms with Crippen molar-refractivity contribution in [1.82, 2.24) is 14.8 Å². The highest BCUT2D eigenvalue weighted by molar-refractivity contribution is 5.84. The zero-order chi connectivity index (χ0) is 10.6. The van der Waals surface area contributed by atoms with Gasteiger partial charge in [0.1, 0.15) is 18.3 Å². The predicted octanol–water partition coefficient (Wildman–Crippen LogP) is 0.444. The van der Waals surface area contributed by atoms with E-state index < -0.39 is 0 Å². The van der Waals surface area contributed by atoms with Crippen molar-refractivity contribution >= 4 is 5.78 Å². The number of carbonyl (C=O) groups is 1. The molecule has 0 spiro atoms. The van der Waals surface area contributed by atoms with Crippen LogP contribution in [0.2, 0.25) is 0 Å². The number of carbonyl (C=O) groups excluding carboxylic acids is 1. The van der Waals surface area contributed by atoms with Crippen molar-refractivity contribution in [1.29, 1.82) is 0 Å². The molecule has 0 aromatic carbocycles. The lowest BCUT2D eigenvalue weighted by Gasteiger charge is -2.07. The Hall–Kier alpha value is -1.23. The molecule has 0 saturated heterocycles. The molecule has 5 nitrogen and oxygen atoms in total. The molecule has 1 atom stereocenters. The maximum atomic E-state index is 11.5. The first kappa shape index (κ1) is 10.8. The van der Waals surface area contributed by atoms with Crippen molar-refractivity contribution in [2.45, 2.75) is 32.9 Å². The number of rotatable bonds is 5. The third-order valence-electron chi connectivity index (χ3n) is 2.13. The van der Waals surface area contributed by atoms with Gasteiger partial charge < -0.3 is 4.74 Å². The minimum Gasteiger partial charge on any atom is -0.374 e. The maximum Gasteiger partial charge on any atom is 0.168 e. The van der Waals surface area contributed by atoms with Gasteiger partial charge in [0.05, 0.1) is 6.42 Å². The van der Waals surface area contributed by atoms with Gasteiger partial charge in [-0.05, 0) is 13.8 Å². The number of hydrogen-bond donors (Lipinski definition) is 0. The molecule has 1 unspecified atom stereocenters. The standard InChI is InChI=1S/C9H15N3O2/c1-4-12-9(10-6-11-12)5-8(13)7(2)14-3/h6-7H,4-5H2,1-3H3. The largest absolute Gasteiger partial charge is 0.374 e. The first-order valence-corrected chi connectivity index (χ1v) is 4.61. The Morgan fingerprint density at radius 1 is 1.71 bits per heavy atom. The molecule has 0 radical (unpaired) electrons. The summed E-state index contributed by atoms with van der Waals surface area (Å²) in [6, 6.07) is 0. The normalized spacial score (nSPS) is 12.8. The Balaban J connectivity index is 2.64. The molecule has 1 heterocycles. The van der Waals surface area contributed by atoms with E-state index in [9.17, 15) is 4.79 Å². The third-order valence-corrected chi connectivity index (χ3v) is 2.13. The molecule has 0 aliphatic rings. The number of Topliss-reactive ketones (excluding diaryl/α,β-unsaturated/α-hetero) is 1. The molecule has 0 fully saturated rings. The number of aromatic nitrogens is 3. The van der Waals surface area contributed by atoms with Crippen molar-refractivity contribution in [3.8, 4) is 0 Å². The monoisotopic (exact) mass is 197 g/mol. The van der Waals surface area contributed by atoms with E-state index in [0.717, 1.165) is 6.54 Å². The molecular weight excluding hydrogens is 182 g/mol. The summed E-state index contributed by atoms with van der Waals surface area (Å²) < 4.78 is 6.64. The molecule has 78 valence electrons. The molecule has 0 amide bonds. The number of aryl methyl sites for hydroxylation is 1. The van der Waals surface area contributed by atoms with Gasteiger partial charge in [-0.1, -0.05) is 0 Å². The fraction of sp³-hybridized carbons (Fsp3) is 0.667. The quantitative estimate of drug-likeness (QED) is 0.687. The Morgan fingerprint density at radius 3 is 3.00 bits per heavy atom. The van der Waals surface area contributed by atoms with Crippen LogP contribution >= 0.6 is 0 Å². The zero-order valence-electron chi connectivity index (χ0n) is 8.73. The van der Waals surface area contributed by atoms with E-state index in [2.05, 4.69) is 10.1 Å². The topological polar surface area (TPSA) is 57.0 Å². The molecule has 1 aromatic heterocycles. The summed E-state index contributed by atoms with van der Waals surface area (Å²) in [7, 11) is 1.52. The third kappa shape index (κ3) is 2.38. The highest BCUT2D eigenvalue weighted by atomic mass is 16.5. The Labute approximate surface area is 83.1 Å². The van der Waals surface area contributed by atoms with Crippen molar-refractivity contribution < 1.29 is 9.53 Å². The number of methoxy groups -OCH3 is 1. The van der Waals surface area contributed by atoms with Gasteiger partial charge in [-0.25, -0.2) is 9.67 Å². The van der Waals surface area contributed by atoms with E-state index in [4.69, 9.17) is 4.74 Å². The molecule has 0 saturated carbocycles. The van der Waals surface area contributed by atoms with Crippen molar-refractivity contribution in [2.75, 3.05) is 7.11 Å². The number of ketones is 1. The fourth-order valence-corrected chi connectivity index (χ4v) is 1.12. The first-order chi connectivity index (χ1) is 6.69. The van der Waals surface area contributed by atoms with Crippen LogP contribution in [-0.4, -0.2) is 33.8 Å². The molecule has 0 aliphatic heterocycles. The summed E-state index contributed by atoms with van der Waals surface area (Å²) in [5.74, 6) is 0.719. The summed E-state index contributed by atoms with van der Waals surface area (Å²) in [5, 5.41) is 3.99. The summed E-state index contributed by atoms with van der Waals surface area (Å²) in [4.78, 5) is 15.5. The lowest BCUT2D eigenvalue weighted by molar-refractivity contribution is -0.127. The molecule has 0 N–H and O–H groups in total. The van der Waals surface area contributed by atoms with Crippen LogP contribution in [0.4, 0.5) is 0 Å². The predicted molar refractivity (Wildman–Crippen MR) is 50.9 cm³/mol. The molecule has 1 rings (SSSR count). The average Bonchev–Trinajstić information content (AvgIpc) is 2.63. The second kappa shape index (κ2) is 4.85. The number of nitrogens with zero attached hydrogens (tertiary/aromatic N) is 3. The van der Waals surface area contributed by atoms with Crippen molar-refractivity contribution in [2.24, 2.45) is 0 Å². The van der Waals surface area contributed by atoms with Crippen LogP contribution < -0.4 is 0 Å². The highest BCUT2D eigenvalue weighted by Crippen LogP contribution is 2.00. The van der Waals surface area contributed by atoms with Crippen LogP contribution in [-0.2, 0) is 22.5 Å². The lowest BCUT2D eigenvalue weighted by atomic mass is 10.2. The van der Waals surface area contributed by atoms with Gasteiger partial charge in [0.25, 0.3) is 0 Å². The minimum atomic E-state index is -0.378. The van der Waals surface area contributed by atoms with E-state index in [0.29, 0.717) is 5.82 Å². The van der Waals surface area contributed by atoms with Crippen LogP contribution in [0.3, 0.4) is 0 Å². The Morgan fingerprint density at radius 2 is 2.43 bits per heavy atom. The molecule has 1 aromatic rings. The maximum absolute atomic E-state index is 11.5. The van der Waals surface area contributed by atoms with E-state index in [-0.39, 0.29) is 18.3 Å². The van der Waals surface area contributed by atoms with Gasteiger partial charge in [-0.15, -0.1) is 0 Å². The lowest BCUT2D eigenvalue weighted by Crippen LogP contribution is -2.22. The van der Waals surface area contributed by atoms with Crippen molar-refractivity contribution in [3.05, 3.63) is 12.2 Å². The number of hydrogen-bond acceptors (Lipinski definition) is 4. The fourth-order valence-electron chi connectivity index (χ4n) is 1.12. The molecule has 0 bridgehead atoms. The van der Waals surface area contributed by atoms with Crippen LogP contribution in [0.5, 0.6) is 0 Å². The molecular formula is C9H15N3O2. The van der Waals surface area contributed by atoms with Crippen LogP contribution in [0, 0.1) is 0 Å². The second-order valence-corrected chi connectivity index (χ2v) is 3.01. The van der Waals surface area contributed by atoms with Gasteiger partial charge in [-0.2, -0.15) is 5.10 Å². The van der Waals surface area contributed by atoms with Crippen LogP contribution in [0.25, 0.3) is 0 Å². The van der Waals surface area contributed by atoms with Gasteiger partial charge in [0.2, 0.25) is 0 Å². The van der Waals surface area contributed by atoms with Gasteiger partial charge in [0.15, 0.2) is 5.78 Å². The summed E-state index contributed by atoms with van der Waals surface area (Å²) in [5.41, 5.74) is 0. The summed E-state index contributed by atoms with van der Waals surface area (Å²) in [6.45, 7) is 4.42. The van der Waals surface area contributed by atoms with Crippen LogP contribution in [0.15, 0.2) is 6.33 Å². The van der Waals surface area contributed by atoms with Crippen LogP contribution in [0.1, 0.15) is 19.7 Å². The van der Waals surface area contributed by atoms with Gasteiger partial charge in [-0.3, -0.25) is 4.79 Å². The number of ether oxygens (including phenoxy) is 1. The minimum absolute atomic E-state index is 0.0233. The van der Waals surface area contributed by atoms with Crippen molar-refractivity contribution in [3.63, 3.8) is 0 Å². The van der Waals surface area contributed by atoms with E-state index in [1.54, 1.807) is 11.6 Å². The SMILES string of the molecule is CCn1ncnc1CC(=O)C(C)OC.